The van der Waals surface area contributed by atoms with Gasteiger partial charge >= 0.3 is 0 Å². The van der Waals surface area contributed by atoms with Crippen molar-refractivity contribution in [3.8, 4) is 0 Å². The molecule has 0 spiro atoms. The Labute approximate surface area is 166 Å². The predicted molar refractivity (Wildman–Crippen MR) is 107 cm³/mol. The second-order valence-corrected chi connectivity index (χ2v) is 7.18. The van der Waals surface area contributed by atoms with Crippen LogP contribution in [0.15, 0.2) is 53.4 Å². The van der Waals surface area contributed by atoms with E-state index in [1.807, 2.05) is 0 Å². The van der Waals surface area contributed by atoms with Crippen molar-refractivity contribution in [3.05, 3.63) is 54.3 Å². The van der Waals surface area contributed by atoms with Crippen molar-refractivity contribution < 1.29 is 23.7 Å². The number of likely N-dealkylation sites (N-methyl/N-ethyl adjacent to an activating group) is 1. The molecule has 2 rings (SSSR count). The van der Waals surface area contributed by atoms with Crippen molar-refractivity contribution in [3.63, 3.8) is 0 Å². The lowest BCUT2D eigenvalue weighted by Gasteiger charge is -2.15. The topological polar surface area (TPSA) is 106 Å². The summed E-state index contributed by atoms with van der Waals surface area (Å²) in [7, 11) is 1.72. The highest BCUT2D eigenvalue weighted by Crippen LogP contribution is 2.26. The lowest BCUT2D eigenvalue weighted by Crippen LogP contribution is -3.11. The molecule has 0 saturated carbocycles. The van der Waals surface area contributed by atoms with E-state index in [2.05, 4.69) is 10.6 Å². The van der Waals surface area contributed by atoms with Gasteiger partial charge in [-0.05, 0) is 36.4 Å². The highest BCUT2D eigenvalue weighted by molar-refractivity contribution is 8.00. The number of nitrogens with one attached hydrogen (secondary N) is 3. The van der Waals surface area contributed by atoms with Crippen molar-refractivity contribution in [2.24, 2.45) is 5.73 Å². The molecule has 0 aromatic heterocycles. The Balaban J connectivity index is 1.84. The van der Waals surface area contributed by atoms with E-state index in [-0.39, 0.29) is 36.5 Å². The van der Waals surface area contributed by atoms with Crippen molar-refractivity contribution in [2.45, 2.75) is 4.90 Å². The zero-order valence-electron chi connectivity index (χ0n) is 15.3. The Bertz CT molecular complexity index is 845. The monoisotopic (exact) mass is 405 g/mol. The first-order valence-corrected chi connectivity index (χ1v) is 9.48. The van der Waals surface area contributed by atoms with Crippen molar-refractivity contribution in [2.75, 3.05) is 36.5 Å². The number of carbonyl (C=O) groups is 3. The van der Waals surface area contributed by atoms with Gasteiger partial charge in [-0.2, -0.15) is 0 Å². The highest BCUT2D eigenvalue weighted by atomic mass is 32.2. The van der Waals surface area contributed by atoms with Gasteiger partial charge in [0.1, 0.15) is 5.82 Å². The number of nitrogens with two attached hydrogens (primary N) is 1. The Morgan fingerprint density at radius 1 is 1.00 bits per heavy atom. The fraction of sp³-hybridized carbons (Fsp3) is 0.211. The van der Waals surface area contributed by atoms with Crippen LogP contribution in [0.1, 0.15) is 0 Å². The van der Waals surface area contributed by atoms with E-state index in [4.69, 9.17) is 5.73 Å². The molecule has 1 atom stereocenters. The van der Waals surface area contributed by atoms with Crippen LogP contribution in [0.25, 0.3) is 0 Å². The summed E-state index contributed by atoms with van der Waals surface area (Å²) in [5.74, 6) is -1.26. The second-order valence-electron chi connectivity index (χ2n) is 6.17. The van der Waals surface area contributed by atoms with E-state index >= 15 is 0 Å². The van der Waals surface area contributed by atoms with E-state index in [0.29, 0.717) is 16.3 Å². The van der Waals surface area contributed by atoms with Crippen molar-refractivity contribution in [1.29, 1.82) is 0 Å². The number of carbonyl (C=O) groups excluding carboxylic acids is 3. The first-order chi connectivity index (χ1) is 13.3. The normalized spacial score (nSPS) is 11.5. The molecule has 0 aliphatic rings. The first-order valence-electron chi connectivity index (χ1n) is 8.50. The van der Waals surface area contributed by atoms with Crippen LogP contribution >= 0.6 is 11.8 Å². The number of hydrogen-bond donors (Lipinski definition) is 4. The number of hydrogen-bond acceptors (Lipinski definition) is 4. The Morgan fingerprint density at radius 3 is 2.25 bits per heavy atom. The lowest BCUT2D eigenvalue weighted by molar-refractivity contribution is -0.862. The molecule has 0 aliphatic carbocycles. The summed E-state index contributed by atoms with van der Waals surface area (Å²) in [6, 6.07) is 12.5. The minimum Gasteiger partial charge on any atom is -0.369 e. The SMILES string of the molecule is C[NH+](CC(=O)Nc1ccc(F)cc1)CC(=O)Nc1ccccc1SCC(N)=O. The van der Waals surface area contributed by atoms with Crippen LogP contribution in [0.5, 0.6) is 0 Å². The van der Waals surface area contributed by atoms with Gasteiger partial charge in [-0.15, -0.1) is 11.8 Å². The van der Waals surface area contributed by atoms with Gasteiger partial charge in [-0.25, -0.2) is 4.39 Å². The van der Waals surface area contributed by atoms with Crippen LogP contribution in [0.2, 0.25) is 0 Å². The van der Waals surface area contributed by atoms with Gasteiger partial charge in [-0.1, -0.05) is 12.1 Å². The van der Waals surface area contributed by atoms with Gasteiger partial charge < -0.3 is 21.3 Å². The molecule has 0 saturated heterocycles. The van der Waals surface area contributed by atoms with Gasteiger partial charge in [-0.3, -0.25) is 14.4 Å². The molecule has 0 heterocycles. The van der Waals surface area contributed by atoms with Gasteiger partial charge in [0.2, 0.25) is 5.91 Å². The molecule has 0 fully saturated rings. The molecule has 0 aliphatic heterocycles. The molecule has 5 N–H and O–H groups in total. The number of primary amides is 1. The first kappa shape index (κ1) is 21.4. The van der Waals surface area contributed by atoms with E-state index in [1.165, 1.54) is 36.0 Å². The second kappa shape index (κ2) is 10.4. The van der Waals surface area contributed by atoms with Gasteiger partial charge in [0, 0.05) is 10.6 Å². The standard InChI is InChI=1S/C19H21FN4O3S/c1-24(10-18(26)22-14-8-6-13(20)7-9-14)11-19(27)23-15-4-2-3-5-16(15)28-12-17(21)25/h2-9H,10-12H2,1H3,(H2,21,25)(H,22,26)(H,23,27)/p+1. The molecule has 1 unspecified atom stereocenters. The summed E-state index contributed by atoms with van der Waals surface area (Å²) in [5, 5.41) is 5.44. The molecule has 0 bridgehead atoms. The Morgan fingerprint density at radius 2 is 1.61 bits per heavy atom. The summed E-state index contributed by atoms with van der Waals surface area (Å²) in [4.78, 5) is 36.7. The van der Waals surface area contributed by atoms with Crippen molar-refractivity contribution >= 4 is 40.9 Å². The van der Waals surface area contributed by atoms with Crippen molar-refractivity contribution in [1.82, 2.24) is 0 Å². The molecular weight excluding hydrogens is 383 g/mol. The number of benzene rings is 2. The fourth-order valence-electron chi connectivity index (χ4n) is 2.39. The fourth-order valence-corrected chi connectivity index (χ4v) is 3.14. The number of anilines is 2. The van der Waals surface area contributed by atoms with Gasteiger partial charge in [0.05, 0.1) is 18.5 Å². The maximum absolute atomic E-state index is 12.9. The van der Waals surface area contributed by atoms with Crippen LogP contribution in [0.3, 0.4) is 0 Å². The average Bonchev–Trinajstić information content (AvgIpc) is 2.62. The summed E-state index contributed by atoms with van der Waals surface area (Å²) in [5.41, 5.74) is 6.23. The Hall–Kier alpha value is -2.91. The zero-order valence-corrected chi connectivity index (χ0v) is 16.1. The van der Waals surface area contributed by atoms with Crippen LogP contribution in [0, 0.1) is 5.82 Å². The number of para-hydroxylation sites is 1. The maximum Gasteiger partial charge on any atom is 0.279 e. The third-order valence-electron chi connectivity index (χ3n) is 3.58. The molecule has 28 heavy (non-hydrogen) atoms. The largest absolute Gasteiger partial charge is 0.369 e. The van der Waals surface area contributed by atoms with Crippen LogP contribution in [0.4, 0.5) is 15.8 Å². The average molecular weight is 405 g/mol. The summed E-state index contributed by atoms with van der Waals surface area (Å²) in [6.45, 7) is 0.147. The third kappa shape index (κ3) is 7.37. The number of halogens is 1. The maximum atomic E-state index is 12.9. The molecular formula is C19H22FN4O3S+. The predicted octanol–water partition coefficient (Wildman–Crippen LogP) is 0.495. The molecule has 2 aromatic carbocycles. The molecule has 2 aromatic rings. The van der Waals surface area contributed by atoms with E-state index in [9.17, 15) is 18.8 Å². The molecule has 0 radical (unpaired) electrons. The number of quaternary nitrogens is 1. The zero-order chi connectivity index (χ0) is 20.5. The molecule has 7 nitrogen and oxygen atoms in total. The number of rotatable bonds is 9. The minimum atomic E-state index is -0.442. The van der Waals surface area contributed by atoms with E-state index < -0.39 is 5.91 Å². The van der Waals surface area contributed by atoms with Gasteiger partial charge in [0.15, 0.2) is 13.1 Å². The summed E-state index contributed by atoms with van der Waals surface area (Å²) < 4.78 is 12.9. The lowest BCUT2D eigenvalue weighted by atomic mass is 10.3. The number of thioether (sulfide) groups is 1. The summed E-state index contributed by atoms with van der Waals surface area (Å²) in [6.07, 6.45) is 0. The minimum absolute atomic E-state index is 0.0723. The molecule has 9 heteroatoms. The number of amides is 3. The van der Waals surface area contributed by atoms with Crippen LogP contribution in [-0.2, 0) is 14.4 Å². The molecule has 148 valence electrons. The highest BCUT2D eigenvalue weighted by Gasteiger charge is 2.16. The quantitative estimate of drug-likeness (QED) is 0.456. The Kier molecular flexibility index (Phi) is 7.97. The summed E-state index contributed by atoms with van der Waals surface area (Å²) >= 11 is 1.24. The third-order valence-corrected chi connectivity index (χ3v) is 4.68. The van der Waals surface area contributed by atoms with Crippen LogP contribution in [-0.4, -0.2) is 43.6 Å². The smallest absolute Gasteiger partial charge is 0.279 e. The van der Waals surface area contributed by atoms with E-state index in [1.54, 1.807) is 31.3 Å². The van der Waals surface area contributed by atoms with E-state index in [0.717, 1.165) is 4.90 Å². The van der Waals surface area contributed by atoms with Crippen LogP contribution < -0.4 is 21.3 Å². The van der Waals surface area contributed by atoms with Gasteiger partial charge in [0.25, 0.3) is 11.8 Å². The molecule has 3 amide bonds.